The zero-order chi connectivity index (χ0) is 13.8. The summed E-state index contributed by atoms with van der Waals surface area (Å²) in [6, 6.07) is 0. The Bertz CT molecular complexity index is 252. The van der Waals surface area contributed by atoms with E-state index < -0.39 is 22.7 Å². The zero-order valence-electron chi connectivity index (χ0n) is 10.6. The van der Waals surface area contributed by atoms with Gasteiger partial charge in [0, 0.05) is 35.1 Å². The molecular weight excluding hydrogens is 256 g/mol. The quantitative estimate of drug-likeness (QED) is 0.533. The summed E-state index contributed by atoms with van der Waals surface area (Å²) in [6.07, 6.45) is 4.86. The SMILES string of the molecule is O=C(O)CCCCCS(=O)CCCCCC(=O)O. The van der Waals surface area contributed by atoms with Crippen LogP contribution in [-0.4, -0.2) is 37.9 Å². The fourth-order valence-electron chi connectivity index (χ4n) is 1.53. The van der Waals surface area contributed by atoms with Gasteiger partial charge in [-0.15, -0.1) is 0 Å². The lowest BCUT2D eigenvalue weighted by molar-refractivity contribution is -0.138. The van der Waals surface area contributed by atoms with Crippen LogP contribution >= 0.6 is 0 Å². The van der Waals surface area contributed by atoms with Crippen molar-refractivity contribution < 1.29 is 24.0 Å². The summed E-state index contributed by atoms with van der Waals surface area (Å²) < 4.78 is 11.5. The third-order valence-corrected chi connectivity index (χ3v) is 4.01. The van der Waals surface area contributed by atoms with Crippen LogP contribution in [-0.2, 0) is 20.4 Å². The van der Waals surface area contributed by atoms with Crippen LogP contribution in [0.25, 0.3) is 0 Å². The molecule has 106 valence electrons. The van der Waals surface area contributed by atoms with Crippen LogP contribution in [0.5, 0.6) is 0 Å². The lowest BCUT2D eigenvalue weighted by Gasteiger charge is -2.02. The molecule has 0 spiro atoms. The van der Waals surface area contributed by atoms with Crippen LogP contribution in [0.4, 0.5) is 0 Å². The van der Waals surface area contributed by atoms with Gasteiger partial charge in [0.05, 0.1) is 0 Å². The number of carbonyl (C=O) groups is 2. The van der Waals surface area contributed by atoms with Gasteiger partial charge < -0.3 is 10.2 Å². The fraction of sp³-hybridized carbons (Fsp3) is 0.833. The fourth-order valence-corrected chi connectivity index (χ4v) is 2.79. The molecule has 0 rings (SSSR count). The van der Waals surface area contributed by atoms with Gasteiger partial charge in [0.2, 0.25) is 0 Å². The van der Waals surface area contributed by atoms with Crippen LogP contribution in [0.15, 0.2) is 0 Å². The summed E-state index contributed by atoms with van der Waals surface area (Å²) in [4.78, 5) is 20.5. The lowest BCUT2D eigenvalue weighted by atomic mass is 10.2. The largest absolute Gasteiger partial charge is 0.481 e. The normalized spacial score (nSPS) is 10.7. The number of hydrogen-bond donors (Lipinski definition) is 2. The maximum Gasteiger partial charge on any atom is 0.303 e. The molecule has 5 nitrogen and oxygen atoms in total. The first-order valence-corrected chi connectivity index (χ1v) is 7.79. The van der Waals surface area contributed by atoms with Gasteiger partial charge in [0.25, 0.3) is 0 Å². The predicted molar refractivity (Wildman–Crippen MR) is 70.1 cm³/mol. The van der Waals surface area contributed by atoms with Crippen LogP contribution in [0.2, 0.25) is 0 Å². The number of aliphatic carboxylic acids is 2. The highest BCUT2D eigenvalue weighted by Gasteiger charge is 2.02. The summed E-state index contributed by atoms with van der Waals surface area (Å²) in [5.41, 5.74) is 0. The second-order valence-electron chi connectivity index (χ2n) is 4.26. The third-order valence-electron chi connectivity index (χ3n) is 2.53. The average Bonchev–Trinajstić information content (AvgIpc) is 2.27. The first kappa shape index (κ1) is 17.1. The van der Waals surface area contributed by atoms with Gasteiger partial charge in [-0.1, -0.05) is 12.8 Å². The highest BCUT2D eigenvalue weighted by molar-refractivity contribution is 7.84. The van der Waals surface area contributed by atoms with E-state index in [1.165, 1.54) is 0 Å². The van der Waals surface area contributed by atoms with E-state index in [-0.39, 0.29) is 12.8 Å². The standard InChI is InChI=1S/C12H22O5S/c13-11(14)7-3-1-5-9-18(17)10-6-2-4-8-12(15)16/h1-10H2,(H,13,14)(H,15,16). The highest BCUT2D eigenvalue weighted by Crippen LogP contribution is 2.04. The smallest absolute Gasteiger partial charge is 0.303 e. The Morgan fingerprint density at radius 1 is 0.722 bits per heavy atom. The van der Waals surface area contributed by atoms with E-state index in [9.17, 15) is 13.8 Å². The Morgan fingerprint density at radius 2 is 1.11 bits per heavy atom. The number of carboxylic acids is 2. The first-order valence-electron chi connectivity index (χ1n) is 6.31. The number of rotatable bonds is 12. The molecule has 0 amide bonds. The summed E-state index contributed by atoms with van der Waals surface area (Å²) >= 11 is 0. The first-order chi connectivity index (χ1) is 8.52. The van der Waals surface area contributed by atoms with E-state index in [1.807, 2.05) is 0 Å². The molecule has 0 bridgehead atoms. The summed E-state index contributed by atoms with van der Waals surface area (Å²) in [5.74, 6) is -0.319. The molecule has 0 radical (unpaired) electrons. The molecule has 0 aliphatic heterocycles. The zero-order valence-corrected chi connectivity index (χ0v) is 11.4. The Morgan fingerprint density at radius 3 is 1.44 bits per heavy atom. The van der Waals surface area contributed by atoms with Gasteiger partial charge in [-0.05, 0) is 25.7 Å². The van der Waals surface area contributed by atoms with Gasteiger partial charge in [0.1, 0.15) is 0 Å². The minimum Gasteiger partial charge on any atom is -0.481 e. The molecule has 18 heavy (non-hydrogen) atoms. The maximum absolute atomic E-state index is 11.5. The molecule has 0 atom stereocenters. The average molecular weight is 278 g/mol. The van der Waals surface area contributed by atoms with Gasteiger partial charge in [-0.3, -0.25) is 13.8 Å². The van der Waals surface area contributed by atoms with Crippen LogP contribution in [0, 0.1) is 0 Å². The van der Waals surface area contributed by atoms with Crippen LogP contribution in [0.3, 0.4) is 0 Å². The molecule has 0 saturated heterocycles. The molecule has 0 heterocycles. The van der Waals surface area contributed by atoms with E-state index in [1.54, 1.807) is 0 Å². The minimum absolute atomic E-state index is 0.182. The Kier molecular flexibility index (Phi) is 10.6. The van der Waals surface area contributed by atoms with Crippen molar-refractivity contribution in [3.8, 4) is 0 Å². The van der Waals surface area contributed by atoms with Crippen molar-refractivity contribution in [3.63, 3.8) is 0 Å². The Hall–Kier alpha value is -0.910. The van der Waals surface area contributed by atoms with Gasteiger partial charge in [0.15, 0.2) is 0 Å². The summed E-state index contributed by atoms with van der Waals surface area (Å²) in [6.45, 7) is 0. The molecule has 0 aromatic heterocycles. The Labute approximate surface area is 110 Å². The van der Waals surface area contributed by atoms with Crippen molar-refractivity contribution in [2.45, 2.75) is 51.4 Å². The molecule has 0 unspecified atom stereocenters. The second kappa shape index (κ2) is 11.2. The molecule has 0 fully saturated rings. The van der Waals surface area contributed by atoms with Crippen molar-refractivity contribution in [1.82, 2.24) is 0 Å². The van der Waals surface area contributed by atoms with Crippen LogP contribution < -0.4 is 0 Å². The highest BCUT2D eigenvalue weighted by atomic mass is 32.2. The van der Waals surface area contributed by atoms with E-state index in [0.29, 0.717) is 24.3 Å². The predicted octanol–water partition coefficient (Wildman–Crippen LogP) is 2.03. The molecule has 0 aromatic carbocycles. The van der Waals surface area contributed by atoms with E-state index in [0.717, 1.165) is 25.7 Å². The van der Waals surface area contributed by atoms with Crippen molar-refractivity contribution in [3.05, 3.63) is 0 Å². The molecule has 0 aliphatic carbocycles. The van der Waals surface area contributed by atoms with Gasteiger partial charge >= 0.3 is 11.9 Å². The van der Waals surface area contributed by atoms with Crippen molar-refractivity contribution in [1.29, 1.82) is 0 Å². The Balaban J connectivity index is 3.27. The molecule has 0 saturated carbocycles. The molecule has 0 aromatic rings. The van der Waals surface area contributed by atoms with Crippen molar-refractivity contribution in [2.75, 3.05) is 11.5 Å². The topological polar surface area (TPSA) is 91.7 Å². The lowest BCUT2D eigenvalue weighted by Crippen LogP contribution is -2.04. The van der Waals surface area contributed by atoms with Crippen molar-refractivity contribution >= 4 is 22.7 Å². The molecule has 0 aliphatic rings. The maximum atomic E-state index is 11.5. The monoisotopic (exact) mass is 278 g/mol. The number of carboxylic acid groups (broad SMARTS) is 2. The molecule has 6 heteroatoms. The van der Waals surface area contributed by atoms with Gasteiger partial charge in [-0.2, -0.15) is 0 Å². The van der Waals surface area contributed by atoms with E-state index in [2.05, 4.69) is 0 Å². The number of unbranched alkanes of at least 4 members (excludes halogenated alkanes) is 4. The summed E-state index contributed by atoms with van der Waals surface area (Å²) in [7, 11) is -0.843. The summed E-state index contributed by atoms with van der Waals surface area (Å²) in [5, 5.41) is 16.9. The molecular formula is C12H22O5S. The second-order valence-corrected chi connectivity index (χ2v) is 5.95. The van der Waals surface area contributed by atoms with E-state index in [4.69, 9.17) is 10.2 Å². The minimum atomic E-state index is -0.843. The number of hydrogen-bond acceptors (Lipinski definition) is 3. The van der Waals surface area contributed by atoms with Gasteiger partial charge in [-0.25, -0.2) is 0 Å². The third kappa shape index (κ3) is 13.2. The van der Waals surface area contributed by atoms with Crippen LogP contribution in [0.1, 0.15) is 51.4 Å². The van der Waals surface area contributed by atoms with Crippen molar-refractivity contribution in [2.24, 2.45) is 0 Å². The molecule has 2 N–H and O–H groups in total. The van der Waals surface area contributed by atoms with E-state index >= 15 is 0 Å².